The number of hydrogen-bond acceptors (Lipinski definition) is 6. The molecule has 0 aliphatic carbocycles. The Kier molecular flexibility index (Phi) is 5.54. The number of nitrogens with one attached hydrogen (secondary N) is 2. The van der Waals surface area contributed by atoms with Crippen molar-refractivity contribution in [2.45, 2.75) is 18.6 Å². The van der Waals surface area contributed by atoms with Gasteiger partial charge in [0.2, 0.25) is 5.13 Å². The van der Waals surface area contributed by atoms with Gasteiger partial charge in [0.1, 0.15) is 5.01 Å². The van der Waals surface area contributed by atoms with Gasteiger partial charge in [0.15, 0.2) is 0 Å². The van der Waals surface area contributed by atoms with Crippen molar-refractivity contribution in [3.05, 3.63) is 64.1 Å². The van der Waals surface area contributed by atoms with E-state index in [0.717, 1.165) is 34.3 Å². The number of rotatable bonds is 6. The third-order valence-corrected chi connectivity index (χ3v) is 5.80. The van der Waals surface area contributed by atoms with E-state index in [9.17, 15) is 18.0 Å². The summed E-state index contributed by atoms with van der Waals surface area (Å²) in [6.45, 7) is 0.390. The molecule has 4 rings (SSSR count). The van der Waals surface area contributed by atoms with Crippen LogP contribution >= 0.6 is 11.3 Å². The quantitative estimate of drug-likeness (QED) is 0.420. The fourth-order valence-corrected chi connectivity index (χ4v) is 3.94. The van der Waals surface area contributed by atoms with Crippen molar-refractivity contribution in [1.82, 2.24) is 19.7 Å². The largest absolute Gasteiger partial charge is 0.416 e. The summed E-state index contributed by atoms with van der Waals surface area (Å²) in [5.74, 6) is 0. The summed E-state index contributed by atoms with van der Waals surface area (Å²) in [5.41, 5.74) is 8.32. The molecule has 11 heteroatoms. The highest BCUT2D eigenvalue weighted by molar-refractivity contribution is 7.18. The first-order valence-corrected chi connectivity index (χ1v) is 10.2. The Labute approximate surface area is 178 Å². The summed E-state index contributed by atoms with van der Waals surface area (Å²) in [5, 5.41) is 12.7. The molecule has 162 valence electrons. The zero-order valence-electron chi connectivity index (χ0n) is 16.4. The Hall–Kier alpha value is -3.18. The van der Waals surface area contributed by atoms with Crippen LogP contribution in [0, 0.1) is 0 Å². The van der Waals surface area contributed by atoms with E-state index in [-0.39, 0.29) is 11.7 Å². The summed E-state index contributed by atoms with van der Waals surface area (Å²) in [6, 6.07) is 10.2. The van der Waals surface area contributed by atoms with Crippen molar-refractivity contribution in [2.24, 2.45) is 12.8 Å². The molecule has 2 aromatic carbocycles. The molecule has 4 aromatic rings. The van der Waals surface area contributed by atoms with Gasteiger partial charge in [-0.15, -0.1) is 10.2 Å². The first-order valence-electron chi connectivity index (χ1n) is 9.39. The molecule has 1 unspecified atom stereocenters. The molecule has 0 spiro atoms. The van der Waals surface area contributed by atoms with Crippen molar-refractivity contribution in [2.75, 3.05) is 11.9 Å². The molecule has 1 atom stereocenters. The topological polar surface area (TPSA) is 102 Å². The zero-order valence-corrected chi connectivity index (χ0v) is 17.2. The fourth-order valence-electron chi connectivity index (χ4n) is 3.19. The lowest BCUT2D eigenvalue weighted by Gasteiger charge is -2.13. The highest BCUT2D eigenvalue weighted by Gasteiger charge is 2.29. The van der Waals surface area contributed by atoms with Crippen molar-refractivity contribution >= 4 is 27.5 Å². The molecule has 0 aliphatic rings. The maximum absolute atomic E-state index is 12.6. The van der Waals surface area contributed by atoms with Gasteiger partial charge >= 0.3 is 11.9 Å². The van der Waals surface area contributed by atoms with E-state index in [1.54, 1.807) is 7.05 Å². The van der Waals surface area contributed by atoms with Gasteiger partial charge in [0.25, 0.3) is 0 Å². The van der Waals surface area contributed by atoms with E-state index >= 15 is 0 Å². The van der Waals surface area contributed by atoms with Gasteiger partial charge in [-0.25, -0.2) is 4.79 Å². The molecule has 0 saturated carbocycles. The second kappa shape index (κ2) is 8.16. The van der Waals surface area contributed by atoms with Crippen LogP contribution in [0.5, 0.6) is 0 Å². The monoisotopic (exact) mass is 448 g/mol. The molecule has 0 amide bonds. The normalized spacial score (nSPS) is 12.9. The lowest BCUT2D eigenvalue weighted by molar-refractivity contribution is -0.137. The SMILES string of the molecule is Cn1c(=O)[nH]c2ccc(-c3nnc(NCC(N)Cc4ccc(C(F)(F)F)cc4)s3)cc21. The summed E-state index contributed by atoms with van der Waals surface area (Å²) in [4.78, 5) is 14.5. The number of fused-ring (bicyclic) bond motifs is 1. The number of nitrogens with zero attached hydrogens (tertiary/aromatic N) is 3. The minimum absolute atomic E-state index is 0.186. The number of H-pyrrole nitrogens is 1. The van der Waals surface area contributed by atoms with Gasteiger partial charge in [0.05, 0.1) is 16.6 Å². The summed E-state index contributed by atoms with van der Waals surface area (Å²) >= 11 is 1.35. The Balaban J connectivity index is 1.38. The van der Waals surface area contributed by atoms with Crippen molar-refractivity contribution in [3.63, 3.8) is 0 Å². The number of aryl methyl sites for hydroxylation is 1. The fraction of sp³-hybridized carbons (Fsp3) is 0.250. The van der Waals surface area contributed by atoms with Crippen LogP contribution in [0.25, 0.3) is 21.6 Å². The molecule has 0 radical (unpaired) electrons. The lowest BCUT2D eigenvalue weighted by Crippen LogP contribution is -2.31. The number of imidazole rings is 1. The molecule has 0 bridgehead atoms. The Bertz CT molecular complexity index is 1260. The van der Waals surface area contributed by atoms with E-state index in [0.29, 0.717) is 23.1 Å². The Morgan fingerprint density at radius 2 is 1.94 bits per heavy atom. The molecule has 4 N–H and O–H groups in total. The number of nitrogens with two attached hydrogens (primary N) is 1. The van der Waals surface area contributed by atoms with Crippen molar-refractivity contribution in [3.8, 4) is 10.6 Å². The van der Waals surface area contributed by atoms with Crippen LogP contribution in [0.3, 0.4) is 0 Å². The number of halogens is 3. The molecule has 0 fully saturated rings. The molecular weight excluding hydrogens is 429 g/mol. The third kappa shape index (κ3) is 4.62. The van der Waals surface area contributed by atoms with E-state index in [1.165, 1.54) is 28.0 Å². The van der Waals surface area contributed by atoms with E-state index < -0.39 is 11.7 Å². The van der Waals surface area contributed by atoms with Gasteiger partial charge in [-0.2, -0.15) is 13.2 Å². The predicted molar refractivity (Wildman–Crippen MR) is 114 cm³/mol. The van der Waals surface area contributed by atoms with E-state index in [1.807, 2.05) is 18.2 Å². The number of aromatic amines is 1. The number of hydrogen-bond donors (Lipinski definition) is 3. The number of benzene rings is 2. The molecule has 2 aromatic heterocycles. The molecule has 31 heavy (non-hydrogen) atoms. The Morgan fingerprint density at radius 3 is 2.65 bits per heavy atom. The van der Waals surface area contributed by atoms with Crippen LogP contribution in [0.4, 0.5) is 18.3 Å². The zero-order chi connectivity index (χ0) is 22.2. The lowest BCUT2D eigenvalue weighted by atomic mass is 10.0. The molecule has 7 nitrogen and oxygen atoms in total. The number of aromatic nitrogens is 4. The van der Waals surface area contributed by atoms with Crippen LogP contribution in [-0.2, 0) is 19.6 Å². The van der Waals surface area contributed by atoms with Gasteiger partial charge in [-0.05, 0) is 42.3 Å². The van der Waals surface area contributed by atoms with Gasteiger partial charge in [-0.3, -0.25) is 4.57 Å². The third-order valence-electron chi connectivity index (χ3n) is 4.87. The first kappa shape index (κ1) is 21.1. The molecule has 2 heterocycles. The molecule has 0 saturated heterocycles. The smallest absolute Gasteiger partial charge is 0.359 e. The first-order chi connectivity index (χ1) is 14.7. The van der Waals surface area contributed by atoms with Gasteiger partial charge < -0.3 is 16.0 Å². The maximum Gasteiger partial charge on any atom is 0.416 e. The van der Waals surface area contributed by atoms with Crippen LogP contribution in [0.2, 0.25) is 0 Å². The highest BCUT2D eigenvalue weighted by Crippen LogP contribution is 2.30. The van der Waals surface area contributed by atoms with Crippen LogP contribution < -0.4 is 16.7 Å². The minimum atomic E-state index is -4.35. The standard InChI is InChI=1S/C20H19F3N6OS/c1-29-16-9-12(4-7-15(16)26-19(29)30)17-27-28-18(31-17)25-10-14(24)8-11-2-5-13(6-3-11)20(21,22)23/h2-7,9,14H,8,10,24H2,1H3,(H,25,28)(H,26,30). The molecule has 0 aliphatic heterocycles. The van der Waals surface area contributed by atoms with E-state index in [2.05, 4.69) is 20.5 Å². The summed E-state index contributed by atoms with van der Waals surface area (Å²) in [6.07, 6.45) is -3.92. The second-order valence-corrected chi connectivity index (χ2v) is 8.15. The predicted octanol–water partition coefficient (Wildman–Crippen LogP) is 3.39. The van der Waals surface area contributed by atoms with Crippen LogP contribution in [-0.4, -0.2) is 32.3 Å². The number of anilines is 1. The summed E-state index contributed by atoms with van der Waals surface area (Å²) < 4.78 is 39.5. The van der Waals surface area contributed by atoms with E-state index in [4.69, 9.17) is 5.73 Å². The average molecular weight is 448 g/mol. The van der Waals surface area contributed by atoms with Crippen molar-refractivity contribution in [1.29, 1.82) is 0 Å². The molecular formula is C20H19F3N6OS. The van der Waals surface area contributed by atoms with Gasteiger partial charge in [-0.1, -0.05) is 23.5 Å². The van der Waals surface area contributed by atoms with Gasteiger partial charge in [0, 0.05) is 25.2 Å². The Morgan fingerprint density at radius 1 is 1.19 bits per heavy atom. The average Bonchev–Trinajstić information content (AvgIpc) is 3.31. The van der Waals surface area contributed by atoms with Crippen molar-refractivity contribution < 1.29 is 13.2 Å². The summed E-state index contributed by atoms with van der Waals surface area (Å²) in [7, 11) is 1.69. The number of alkyl halides is 3. The highest BCUT2D eigenvalue weighted by atomic mass is 32.1. The van der Waals surface area contributed by atoms with Crippen LogP contribution in [0.15, 0.2) is 47.3 Å². The maximum atomic E-state index is 12.6. The van der Waals surface area contributed by atoms with Crippen LogP contribution in [0.1, 0.15) is 11.1 Å². The second-order valence-electron chi connectivity index (χ2n) is 7.17. The minimum Gasteiger partial charge on any atom is -0.359 e.